The van der Waals surface area contributed by atoms with Gasteiger partial charge in [0.15, 0.2) is 5.78 Å². The number of rotatable bonds is 10. The van der Waals surface area contributed by atoms with Crippen LogP contribution >= 0.6 is 0 Å². The number of ether oxygens (including phenoxy) is 1. The van der Waals surface area contributed by atoms with Crippen LogP contribution in [0.2, 0.25) is 0 Å². The molecule has 0 radical (unpaired) electrons. The number of oxazole rings is 1. The number of nitrogens with one attached hydrogen (secondary N) is 1. The molecule has 0 spiro atoms. The largest absolute Gasteiger partial charge is 0.493 e. The molecule has 1 N–H and O–H groups in total. The molecule has 182 valence electrons. The van der Waals surface area contributed by atoms with Gasteiger partial charge in [-0.1, -0.05) is 31.2 Å². The topological polar surface area (TPSA) is 84.7 Å². The molecular formula is C28H31N3O4. The molecule has 0 bridgehead atoms. The zero-order chi connectivity index (χ0) is 24.4. The second kappa shape index (κ2) is 9.94. The van der Waals surface area contributed by atoms with Crippen molar-refractivity contribution in [3.63, 3.8) is 0 Å². The fraction of sp³-hybridized carbons (Fsp3) is 0.393. The van der Waals surface area contributed by atoms with Gasteiger partial charge in [-0.2, -0.15) is 4.98 Å². The number of hydrogen-bond acceptors (Lipinski definition) is 6. The second-order valence-electron chi connectivity index (χ2n) is 9.76. The van der Waals surface area contributed by atoms with Crippen molar-refractivity contribution in [1.29, 1.82) is 0 Å². The average molecular weight is 474 g/mol. The van der Waals surface area contributed by atoms with E-state index in [-0.39, 0.29) is 29.3 Å². The van der Waals surface area contributed by atoms with E-state index < -0.39 is 0 Å². The highest BCUT2D eigenvalue weighted by atomic mass is 16.5. The lowest BCUT2D eigenvalue weighted by Crippen LogP contribution is -2.45. The van der Waals surface area contributed by atoms with Gasteiger partial charge < -0.3 is 14.1 Å². The van der Waals surface area contributed by atoms with Gasteiger partial charge in [0, 0.05) is 38.0 Å². The minimum absolute atomic E-state index is 0.0465. The SMILES string of the molecule is CC(=O)Nc1nc(C(=O)C[C@@H](C)c2ccc(C3CN(c4ccc(OCC5CC5)cc4)C3)cc2)co1. The normalized spacial score (nSPS) is 16.5. The van der Waals surface area contributed by atoms with Crippen LogP contribution in [0.15, 0.2) is 59.2 Å². The Morgan fingerprint density at radius 1 is 1.11 bits per heavy atom. The van der Waals surface area contributed by atoms with Crippen molar-refractivity contribution >= 4 is 23.4 Å². The lowest BCUT2D eigenvalue weighted by molar-refractivity contribution is -0.114. The van der Waals surface area contributed by atoms with E-state index in [2.05, 4.69) is 63.7 Å². The molecule has 1 saturated carbocycles. The Morgan fingerprint density at radius 2 is 1.83 bits per heavy atom. The fourth-order valence-electron chi connectivity index (χ4n) is 4.36. The monoisotopic (exact) mass is 473 g/mol. The van der Waals surface area contributed by atoms with E-state index in [1.807, 2.05) is 6.92 Å². The van der Waals surface area contributed by atoms with E-state index >= 15 is 0 Å². The molecule has 2 aromatic carbocycles. The van der Waals surface area contributed by atoms with E-state index in [0.717, 1.165) is 36.9 Å². The molecule has 1 aliphatic heterocycles. The summed E-state index contributed by atoms with van der Waals surface area (Å²) in [4.78, 5) is 30.1. The second-order valence-corrected chi connectivity index (χ2v) is 9.76. The number of Topliss-reactive ketones (excluding diaryl/α,β-unsaturated/α-hetero) is 1. The van der Waals surface area contributed by atoms with Crippen molar-refractivity contribution in [3.8, 4) is 5.75 Å². The van der Waals surface area contributed by atoms with Crippen LogP contribution < -0.4 is 15.0 Å². The van der Waals surface area contributed by atoms with Crippen LogP contribution in [0.25, 0.3) is 0 Å². The minimum atomic E-state index is -0.291. The first-order valence-corrected chi connectivity index (χ1v) is 12.3. The van der Waals surface area contributed by atoms with Gasteiger partial charge >= 0.3 is 6.01 Å². The fourth-order valence-corrected chi connectivity index (χ4v) is 4.36. The van der Waals surface area contributed by atoms with Crippen molar-refractivity contribution < 1.29 is 18.7 Å². The number of carbonyl (C=O) groups is 2. The van der Waals surface area contributed by atoms with Gasteiger partial charge in [-0.15, -0.1) is 0 Å². The van der Waals surface area contributed by atoms with Crippen LogP contribution in [-0.4, -0.2) is 36.4 Å². The average Bonchev–Trinajstić information content (AvgIpc) is 3.54. The number of benzene rings is 2. The van der Waals surface area contributed by atoms with Crippen LogP contribution in [0.1, 0.15) is 66.6 Å². The van der Waals surface area contributed by atoms with Gasteiger partial charge in [0.1, 0.15) is 17.7 Å². The van der Waals surface area contributed by atoms with Crippen LogP contribution in [-0.2, 0) is 4.79 Å². The third-order valence-electron chi connectivity index (χ3n) is 6.81. The van der Waals surface area contributed by atoms with E-state index in [1.54, 1.807) is 0 Å². The zero-order valence-electron chi connectivity index (χ0n) is 20.2. The van der Waals surface area contributed by atoms with Crippen LogP contribution in [0.4, 0.5) is 11.7 Å². The summed E-state index contributed by atoms with van der Waals surface area (Å²) in [6.07, 6.45) is 4.22. The summed E-state index contributed by atoms with van der Waals surface area (Å²) in [5, 5.41) is 2.44. The molecule has 7 heteroatoms. The highest BCUT2D eigenvalue weighted by Crippen LogP contribution is 2.34. The number of amides is 1. The summed E-state index contributed by atoms with van der Waals surface area (Å²) >= 11 is 0. The smallest absolute Gasteiger partial charge is 0.301 e. The van der Waals surface area contributed by atoms with E-state index in [0.29, 0.717) is 12.3 Å². The zero-order valence-corrected chi connectivity index (χ0v) is 20.2. The first-order chi connectivity index (χ1) is 16.9. The molecule has 0 unspecified atom stereocenters. The Morgan fingerprint density at radius 3 is 2.49 bits per heavy atom. The number of anilines is 2. The standard InChI is InChI=1S/C28H31N3O4/c1-18(13-27(33)26-17-35-28(30-26)29-19(2)32)21-5-7-22(8-6-21)23-14-31(15-23)24-9-11-25(12-10-24)34-16-20-3-4-20/h5-12,17-18,20,23H,3-4,13-16H2,1-2H3,(H,29,30,32)/t18-/m1/s1. The Kier molecular flexibility index (Phi) is 6.57. The van der Waals surface area contributed by atoms with Gasteiger partial charge in [-0.05, 0) is 60.1 Å². The molecular weight excluding hydrogens is 442 g/mol. The van der Waals surface area contributed by atoms with E-state index in [9.17, 15) is 9.59 Å². The van der Waals surface area contributed by atoms with Crippen LogP contribution in [0.3, 0.4) is 0 Å². The Labute approximate surface area is 205 Å². The maximum absolute atomic E-state index is 12.6. The maximum atomic E-state index is 12.6. The third kappa shape index (κ3) is 5.73. The Balaban J connectivity index is 1.10. The summed E-state index contributed by atoms with van der Waals surface area (Å²) in [6, 6.07) is 17.1. The maximum Gasteiger partial charge on any atom is 0.301 e. The first-order valence-electron chi connectivity index (χ1n) is 12.3. The highest BCUT2D eigenvalue weighted by molar-refractivity contribution is 5.95. The molecule has 3 aromatic rings. The molecule has 7 nitrogen and oxygen atoms in total. The summed E-state index contributed by atoms with van der Waals surface area (Å²) in [5.74, 6) is 1.88. The van der Waals surface area contributed by atoms with Crippen molar-refractivity contribution in [2.24, 2.45) is 5.92 Å². The molecule has 1 aliphatic carbocycles. The molecule has 1 atom stereocenters. The Bertz CT molecular complexity index is 1180. The van der Waals surface area contributed by atoms with E-state index in [4.69, 9.17) is 9.15 Å². The van der Waals surface area contributed by atoms with Crippen molar-refractivity contribution in [1.82, 2.24) is 4.98 Å². The van der Waals surface area contributed by atoms with Crippen molar-refractivity contribution in [3.05, 3.63) is 71.6 Å². The molecule has 2 aliphatic rings. The van der Waals surface area contributed by atoms with Gasteiger partial charge in [-0.25, -0.2) is 0 Å². The molecule has 1 amide bonds. The molecule has 1 aromatic heterocycles. The van der Waals surface area contributed by atoms with Crippen LogP contribution in [0.5, 0.6) is 5.75 Å². The van der Waals surface area contributed by atoms with Crippen molar-refractivity contribution in [2.45, 2.75) is 44.9 Å². The minimum Gasteiger partial charge on any atom is -0.493 e. The predicted octanol–water partition coefficient (Wildman–Crippen LogP) is 5.40. The molecule has 2 fully saturated rings. The summed E-state index contributed by atoms with van der Waals surface area (Å²) < 4.78 is 11.0. The van der Waals surface area contributed by atoms with E-state index in [1.165, 1.54) is 37.3 Å². The summed E-state index contributed by atoms with van der Waals surface area (Å²) in [5.41, 5.74) is 3.91. The lowest BCUT2D eigenvalue weighted by Gasteiger charge is -2.41. The van der Waals surface area contributed by atoms with Crippen molar-refractivity contribution in [2.75, 3.05) is 29.9 Å². The quantitative estimate of drug-likeness (QED) is 0.397. The third-order valence-corrected chi connectivity index (χ3v) is 6.81. The van der Waals surface area contributed by atoms with Gasteiger partial charge in [-0.3, -0.25) is 14.9 Å². The highest BCUT2D eigenvalue weighted by Gasteiger charge is 2.28. The van der Waals surface area contributed by atoms with Gasteiger partial charge in [0.25, 0.3) is 0 Å². The number of hydrogen-bond donors (Lipinski definition) is 1. The summed E-state index contributed by atoms with van der Waals surface area (Å²) in [7, 11) is 0. The molecule has 1 saturated heterocycles. The Hall–Kier alpha value is -3.61. The number of ketones is 1. The molecule has 35 heavy (non-hydrogen) atoms. The number of carbonyl (C=O) groups excluding carboxylic acids is 2. The lowest BCUT2D eigenvalue weighted by atomic mass is 9.88. The van der Waals surface area contributed by atoms with Gasteiger partial charge in [0.2, 0.25) is 5.91 Å². The number of aromatic nitrogens is 1. The first kappa shape index (κ1) is 23.1. The molecule has 5 rings (SSSR count). The molecule has 2 heterocycles. The summed E-state index contributed by atoms with van der Waals surface area (Å²) in [6.45, 7) is 6.23. The number of nitrogens with zero attached hydrogens (tertiary/aromatic N) is 2. The van der Waals surface area contributed by atoms with Gasteiger partial charge in [0.05, 0.1) is 6.61 Å². The predicted molar refractivity (Wildman–Crippen MR) is 134 cm³/mol. The van der Waals surface area contributed by atoms with Crippen LogP contribution in [0, 0.1) is 5.92 Å².